The van der Waals surface area contributed by atoms with Crippen molar-refractivity contribution in [2.45, 2.75) is 114 Å². The summed E-state index contributed by atoms with van der Waals surface area (Å²) in [7, 11) is 0. The minimum atomic E-state index is 0.0124. The van der Waals surface area contributed by atoms with E-state index in [9.17, 15) is 4.79 Å². The summed E-state index contributed by atoms with van der Waals surface area (Å²) in [4.78, 5) is 14.1. The van der Waals surface area contributed by atoms with Crippen molar-refractivity contribution in [3.63, 3.8) is 0 Å². The van der Waals surface area contributed by atoms with Crippen LogP contribution in [0.2, 0.25) is 0 Å². The zero-order valence-corrected chi connectivity index (χ0v) is 29.1. The third-order valence-corrected chi connectivity index (χ3v) is 6.14. The number of nitrogens with two attached hydrogens (primary N) is 3. The molecule has 1 atom stereocenters. The summed E-state index contributed by atoms with van der Waals surface area (Å²) >= 11 is 0. The molecule has 0 aromatic heterocycles. The predicted octanol–water partition coefficient (Wildman–Crippen LogP) is 7.45. The van der Waals surface area contributed by atoms with Gasteiger partial charge in [-0.3, -0.25) is 10.2 Å². The molecule has 1 unspecified atom stereocenters. The molecule has 0 spiro atoms. The van der Waals surface area contributed by atoms with Crippen molar-refractivity contribution in [1.82, 2.24) is 15.2 Å². The molecule has 1 aromatic rings. The van der Waals surface area contributed by atoms with E-state index < -0.39 is 0 Å². The highest BCUT2D eigenvalue weighted by Gasteiger charge is 2.25. The van der Waals surface area contributed by atoms with Crippen molar-refractivity contribution in [1.29, 1.82) is 5.41 Å². The zero-order chi connectivity index (χ0) is 33.8. The third kappa shape index (κ3) is 15.6. The van der Waals surface area contributed by atoms with E-state index in [1.807, 2.05) is 111 Å². The minimum absolute atomic E-state index is 0.0124. The highest BCUT2D eigenvalue weighted by molar-refractivity contribution is 5.77. The molecule has 8 N–H and O–H groups in total. The van der Waals surface area contributed by atoms with Crippen LogP contribution >= 0.6 is 0 Å². The molecule has 8 nitrogen and oxygen atoms in total. The summed E-state index contributed by atoms with van der Waals surface area (Å²) in [5.41, 5.74) is 17.4. The number of fused-ring (bicyclic) bond motifs is 1. The van der Waals surface area contributed by atoms with Crippen LogP contribution in [0.15, 0.2) is 66.0 Å². The Balaban J connectivity index is -0.00000184. The van der Waals surface area contributed by atoms with E-state index in [1.54, 1.807) is 11.1 Å². The van der Waals surface area contributed by atoms with Gasteiger partial charge in [0.15, 0.2) is 0 Å². The van der Waals surface area contributed by atoms with Crippen molar-refractivity contribution < 1.29 is 4.79 Å². The number of amides is 1. The van der Waals surface area contributed by atoms with Crippen LogP contribution in [-0.2, 0) is 11.3 Å². The second-order valence-electron chi connectivity index (χ2n) is 8.59. The number of benzene rings is 1. The molecule has 1 aromatic carbocycles. The summed E-state index contributed by atoms with van der Waals surface area (Å²) in [5.74, 6) is 6.56. The van der Waals surface area contributed by atoms with E-state index >= 15 is 0 Å². The second-order valence-corrected chi connectivity index (χ2v) is 8.59. The highest BCUT2D eigenvalue weighted by atomic mass is 16.1. The van der Waals surface area contributed by atoms with Crippen LogP contribution in [0.5, 0.6) is 0 Å². The lowest BCUT2D eigenvalue weighted by Gasteiger charge is -2.33. The molecule has 0 aliphatic carbocycles. The molecule has 246 valence electrons. The van der Waals surface area contributed by atoms with Gasteiger partial charge in [-0.25, -0.2) is 5.84 Å². The number of nitrogens with zero attached hydrogens (tertiary/aromatic N) is 2. The Morgan fingerprint density at radius 2 is 1.65 bits per heavy atom. The lowest BCUT2D eigenvalue weighted by molar-refractivity contribution is -0.121. The molecule has 8 heteroatoms. The van der Waals surface area contributed by atoms with Crippen molar-refractivity contribution in [3.05, 3.63) is 77.2 Å². The second kappa shape index (κ2) is 28.7. The van der Waals surface area contributed by atoms with Crippen molar-refractivity contribution in [2.75, 3.05) is 13.1 Å². The van der Waals surface area contributed by atoms with Crippen LogP contribution in [0.1, 0.15) is 112 Å². The van der Waals surface area contributed by atoms with E-state index in [0.29, 0.717) is 38.2 Å². The van der Waals surface area contributed by atoms with E-state index in [2.05, 4.69) is 11.9 Å². The van der Waals surface area contributed by atoms with Gasteiger partial charge in [0.05, 0.1) is 17.7 Å². The summed E-state index contributed by atoms with van der Waals surface area (Å²) in [6.45, 7) is 25.2. The Labute approximate surface area is 264 Å². The fourth-order valence-electron chi connectivity index (χ4n) is 4.23. The molecule has 1 amide bonds. The first-order valence-electron chi connectivity index (χ1n) is 16.2. The topological polar surface area (TPSA) is 137 Å². The van der Waals surface area contributed by atoms with Crippen LogP contribution in [0.3, 0.4) is 0 Å². The first-order chi connectivity index (χ1) is 20.9. The molecule has 0 radical (unpaired) electrons. The maximum Gasteiger partial charge on any atom is 0.220 e. The number of allylic oxidation sites excluding steroid dienone is 2. The summed E-state index contributed by atoms with van der Waals surface area (Å²) in [6, 6.07) is 7.96. The summed E-state index contributed by atoms with van der Waals surface area (Å²) in [5, 5.41) is 12.5. The number of carbonyl (C=O) groups is 1. The van der Waals surface area contributed by atoms with Gasteiger partial charge in [-0.2, -0.15) is 0 Å². The Kier molecular flexibility index (Phi) is 29.5. The quantitative estimate of drug-likeness (QED) is 0.0423. The van der Waals surface area contributed by atoms with Gasteiger partial charge in [0.2, 0.25) is 5.91 Å². The van der Waals surface area contributed by atoms with Crippen LogP contribution in [-0.4, -0.2) is 41.3 Å². The van der Waals surface area contributed by atoms with Crippen molar-refractivity contribution in [3.8, 4) is 0 Å². The van der Waals surface area contributed by atoms with Gasteiger partial charge in [0.25, 0.3) is 0 Å². The molecule has 0 fully saturated rings. The van der Waals surface area contributed by atoms with Crippen molar-refractivity contribution >= 4 is 17.9 Å². The standard InChI is InChI=1S/C27H41N7O.4C2H6/c1-4-21(29)13-9-10-16-32-25(35)15-11-17-34(31)27-23-14-8-7-12-20(23)18-33(19-28)24(6-3)22(5-2)26(27)30;4*1-2/h4-8,12,14,19,21,28H,1,9-11,13,15-18,29-31H2,2-3H3,(H,32,35);4*1-2H3/b22-5+,24-6+,27-26-,28-19?;;;;. The largest absolute Gasteiger partial charge is 0.396 e. The van der Waals surface area contributed by atoms with Crippen LogP contribution < -0.4 is 22.6 Å². The Morgan fingerprint density at radius 1 is 1.05 bits per heavy atom. The van der Waals surface area contributed by atoms with Gasteiger partial charge in [-0.15, -0.1) is 6.58 Å². The lowest BCUT2D eigenvalue weighted by Crippen LogP contribution is -2.36. The molecular formula is C35H65N7O. The zero-order valence-electron chi connectivity index (χ0n) is 29.1. The van der Waals surface area contributed by atoms with Crippen molar-refractivity contribution in [2.24, 2.45) is 17.3 Å². The van der Waals surface area contributed by atoms with E-state index in [1.165, 1.54) is 6.34 Å². The number of hydrogen-bond acceptors (Lipinski definition) is 6. The molecule has 0 bridgehead atoms. The smallest absolute Gasteiger partial charge is 0.220 e. The Hall–Kier alpha value is -3.36. The van der Waals surface area contributed by atoms with E-state index in [4.69, 9.17) is 22.7 Å². The number of rotatable bonds is 12. The molecule has 2 rings (SSSR count). The monoisotopic (exact) mass is 600 g/mol. The number of hydrazine groups is 1. The number of unbranched alkanes of at least 4 members (excludes halogenated alkanes) is 1. The first kappa shape index (κ1) is 44.1. The summed E-state index contributed by atoms with van der Waals surface area (Å²) < 4.78 is 0. The number of hydrogen-bond donors (Lipinski definition) is 5. The number of carbonyl (C=O) groups excluding carboxylic acids is 1. The van der Waals surface area contributed by atoms with Gasteiger partial charge in [0, 0.05) is 48.9 Å². The van der Waals surface area contributed by atoms with Gasteiger partial charge in [-0.1, -0.05) is 97.9 Å². The van der Waals surface area contributed by atoms with E-state index in [-0.39, 0.29) is 11.9 Å². The van der Waals surface area contributed by atoms with Gasteiger partial charge in [-0.05, 0) is 45.1 Å². The third-order valence-electron chi connectivity index (χ3n) is 6.14. The normalized spacial score (nSPS) is 16.0. The number of nitrogens with one attached hydrogen (secondary N) is 2. The van der Waals surface area contributed by atoms with Gasteiger partial charge >= 0.3 is 0 Å². The maximum absolute atomic E-state index is 12.3. The SMILES string of the molecule is C=CC(N)CCCCNC(=O)CCCN(N)/C1=C(N)/C(=C/C)C(=C\C)/N(C=N)Cc2ccccc21.CC.CC.CC.CC. The fourth-order valence-corrected chi connectivity index (χ4v) is 4.23. The Morgan fingerprint density at radius 3 is 2.19 bits per heavy atom. The average molecular weight is 600 g/mol. The van der Waals surface area contributed by atoms with Crippen LogP contribution in [0.4, 0.5) is 0 Å². The summed E-state index contributed by atoms with van der Waals surface area (Å²) in [6.07, 6.45) is 10.7. The predicted molar refractivity (Wildman–Crippen MR) is 190 cm³/mol. The highest BCUT2D eigenvalue weighted by Crippen LogP contribution is 2.33. The molecule has 0 saturated carbocycles. The maximum atomic E-state index is 12.3. The fraction of sp³-hybridized carbons (Fsp3) is 0.543. The lowest BCUT2D eigenvalue weighted by atomic mass is 9.95. The Bertz CT molecular complexity index is 982. The van der Waals surface area contributed by atoms with Crippen LogP contribution in [0, 0.1) is 5.41 Å². The van der Waals surface area contributed by atoms with E-state index in [0.717, 1.165) is 47.4 Å². The van der Waals surface area contributed by atoms with Crippen LogP contribution in [0.25, 0.3) is 5.70 Å². The minimum Gasteiger partial charge on any atom is -0.396 e. The molecule has 43 heavy (non-hydrogen) atoms. The van der Waals surface area contributed by atoms with Gasteiger partial charge < -0.3 is 26.7 Å². The average Bonchev–Trinajstić information content (AvgIpc) is 3.06. The molecule has 1 heterocycles. The molecule has 1 aliphatic rings. The van der Waals surface area contributed by atoms with Gasteiger partial charge in [0.1, 0.15) is 0 Å². The molecule has 0 saturated heterocycles. The molecular weight excluding hydrogens is 534 g/mol. The first-order valence-corrected chi connectivity index (χ1v) is 16.2. The molecule has 1 aliphatic heterocycles.